The van der Waals surface area contributed by atoms with Gasteiger partial charge < -0.3 is 18.9 Å². The van der Waals surface area contributed by atoms with E-state index in [9.17, 15) is 0 Å². The molecule has 0 amide bonds. The lowest BCUT2D eigenvalue weighted by molar-refractivity contribution is -0.0536. The van der Waals surface area contributed by atoms with Gasteiger partial charge in [-0.05, 0) is 182 Å². The van der Waals surface area contributed by atoms with Gasteiger partial charge >= 0.3 is 0 Å². The topological polar surface area (TPSA) is 111 Å². The molecule has 0 spiro atoms. The van der Waals surface area contributed by atoms with Crippen LogP contribution in [0.3, 0.4) is 0 Å². The Morgan fingerprint density at radius 2 is 0.713 bits per heavy atom. The Hall–Kier alpha value is -3.60. The Bertz CT molecular complexity index is 2210. The van der Waals surface area contributed by atoms with E-state index in [1.165, 1.54) is 22.3 Å². The van der Waals surface area contributed by atoms with E-state index >= 15 is 0 Å². The molecule has 0 bridgehead atoms. The van der Waals surface area contributed by atoms with E-state index < -0.39 is 0 Å². The van der Waals surface area contributed by atoms with Gasteiger partial charge in [-0.2, -0.15) is 10.2 Å². The Morgan fingerprint density at radius 3 is 0.975 bits per heavy atom. The highest BCUT2D eigenvalue weighted by molar-refractivity contribution is 5.30. The van der Waals surface area contributed by atoms with Gasteiger partial charge in [-0.1, -0.05) is 104 Å². The highest BCUT2D eigenvalue weighted by Gasteiger charge is 2.31. The molecule has 2 aromatic carbocycles. The van der Waals surface area contributed by atoms with Crippen molar-refractivity contribution in [2.75, 3.05) is 80.8 Å². The number of benzene rings is 2. The van der Waals surface area contributed by atoms with Crippen molar-refractivity contribution in [3.63, 3.8) is 0 Å². The van der Waals surface area contributed by atoms with Crippen molar-refractivity contribution in [3.8, 4) is 0 Å². The standard InChI is InChI=1S/C66H114N10O4/c1-45(2)31-59-41-77-49(9)37-71(19)62(34-48(7)8)44-80-64(36-56-25-29-58(30-26-56)66(17,18)76-54(14)68-52(12)70-76)40-74(22)60(32-46(3)4)42-78-50(10)38-72(20)61(33-47(5)6)43-79-63(39-73(59)21)35-55-23-27-57(28-24-55)65(15,16)75-53(13)67-51(11)69-75/h23-30,45-50,59-64H,31-44H2,1-22H3. The lowest BCUT2D eigenvalue weighted by atomic mass is 9.92. The number of aryl methyl sites for hydroxylation is 4. The third kappa shape index (κ3) is 20.3. The van der Waals surface area contributed by atoms with Crippen molar-refractivity contribution >= 4 is 0 Å². The molecule has 4 aromatic rings. The van der Waals surface area contributed by atoms with Gasteiger partial charge in [0.15, 0.2) is 0 Å². The van der Waals surface area contributed by atoms with Crippen LogP contribution in [0.15, 0.2) is 48.5 Å². The average molecular weight is 1110 g/mol. The molecule has 1 aliphatic rings. The zero-order valence-electron chi connectivity index (χ0n) is 54.6. The Morgan fingerprint density at radius 1 is 0.438 bits per heavy atom. The molecular weight excluding hydrogens is 997 g/mol. The summed E-state index contributed by atoms with van der Waals surface area (Å²) < 4.78 is 32.5. The van der Waals surface area contributed by atoms with Crippen LogP contribution in [-0.2, 0) is 42.9 Å². The van der Waals surface area contributed by atoms with E-state index in [-0.39, 0.29) is 59.7 Å². The molecule has 5 rings (SSSR count). The Balaban J connectivity index is 1.44. The van der Waals surface area contributed by atoms with Gasteiger partial charge in [0, 0.05) is 50.3 Å². The van der Waals surface area contributed by atoms with Gasteiger partial charge in [-0.3, -0.25) is 19.6 Å². The molecule has 8 atom stereocenters. The maximum Gasteiger partial charge on any atom is 0.147 e. The van der Waals surface area contributed by atoms with Gasteiger partial charge in [0.05, 0.1) is 61.9 Å². The molecule has 14 nitrogen and oxygen atoms in total. The quantitative estimate of drug-likeness (QED) is 0.106. The minimum Gasteiger partial charge on any atom is -0.376 e. The molecule has 452 valence electrons. The predicted molar refractivity (Wildman–Crippen MR) is 330 cm³/mol. The number of hydrogen-bond acceptors (Lipinski definition) is 12. The van der Waals surface area contributed by atoms with Crippen molar-refractivity contribution in [1.82, 2.24) is 49.1 Å². The highest BCUT2D eigenvalue weighted by Crippen LogP contribution is 2.29. The first kappa shape index (κ1) is 67.2. The molecule has 0 N–H and O–H groups in total. The molecule has 0 radical (unpaired) electrons. The number of hydrogen-bond donors (Lipinski definition) is 0. The maximum absolute atomic E-state index is 7.24. The fourth-order valence-electron chi connectivity index (χ4n) is 12.2. The number of rotatable bonds is 16. The van der Waals surface area contributed by atoms with Crippen LogP contribution >= 0.6 is 0 Å². The van der Waals surface area contributed by atoms with E-state index in [0.29, 0.717) is 50.1 Å². The lowest BCUT2D eigenvalue weighted by Gasteiger charge is -2.37. The number of nitrogens with zero attached hydrogens (tertiary/aromatic N) is 10. The Kier molecular flexibility index (Phi) is 25.9. The fourth-order valence-corrected chi connectivity index (χ4v) is 12.2. The van der Waals surface area contributed by atoms with Crippen LogP contribution in [-0.4, -0.2) is 179 Å². The maximum atomic E-state index is 7.24. The van der Waals surface area contributed by atoms with Crippen molar-refractivity contribution in [1.29, 1.82) is 0 Å². The molecule has 0 aliphatic carbocycles. The molecule has 2 aromatic heterocycles. The summed E-state index contributed by atoms with van der Waals surface area (Å²) >= 11 is 0. The molecule has 1 saturated heterocycles. The van der Waals surface area contributed by atoms with Crippen LogP contribution in [0.4, 0.5) is 0 Å². The zero-order chi connectivity index (χ0) is 59.2. The minimum atomic E-state index is -0.343. The first-order valence-corrected chi connectivity index (χ1v) is 30.8. The molecule has 80 heavy (non-hydrogen) atoms. The first-order chi connectivity index (χ1) is 37.5. The summed E-state index contributed by atoms with van der Waals surface area (Å²) in [5.41, 5.74) is 4.25. The molecule has 1 aliphatic heterocycles. The van der Waals surface area contributed by atoms with Crippen LogP contribution in [0, 0.1) is 51.4 Å². The molecule has 3 heterocycles. The average Bonchev–Trinajstić information content (AvgIpc) is 3.91. The van der Waals surface area contributed by atoms with Crippen molar-refractivity contribution in [2.24, 2.45) is 23.7 Å². The van der Waals surface area contributed by atoms with Gasteiger partial charge in [0.2, 0.25) is 0 Å². The van der Waals surface area contributed by atoms with Crippen molar-refractivity contribution in [3.05, 3.63) is 94.1 Å². The summed E-state index contributed by atoms with van der Waals surface area (Å²) in [5, 5.41) is 9.54. The van der Waals surface area contributed by atoms with Crippen LogP contribution in [0.1, 0.15) is 168 Å². The summed E-state index contributed by atoms with van der Waals surface area (Å²) in [6.07, 6.45) is 5.76. The third-order valence-electron chi connectivity index (χ3n) is 16.8. The smallest absolute Gasteiger partial charge is 0.147 e. The van der Waals surface area contributed by atoms with E-state index in [2.05, 4.69) is 203 Å². The summed E-state index contributed by atoms with van der Waals surface area (Å²) in [6, 6.07) is 19.2. The fraction of sp³-hybridized carbons (Fsp3) is 0.758. The van der Waals surface area contributed by atoms with Gasteiger partial charge in [-0.15, -0.1) is 0 Å². The molecule has 8 unspecified atom stereocenters. The van der Waals surface area contributed by atoms with Crippen molar-refractivity contribution in [2.45, 2.75) is 223 Å². The van der Waals surface area contributed by atoms with E-state index in [0.717, 1.165) is 88.0 Å². The second kappa shape index (κ2) is 30.8. The number of likely N-dealkylation sites (N-methyl/N-ethyl adjacent to an activating group) is 4. The second-order valence-electron chi connectivity index (χ2n) is 27.2. The molecule has 14 heteroatoms. The molecule has 1 fully saturated rings. The first-order valence-electron chi connectivity index (χ1n) is 30.8. The van der Waals surface area contributed by atoms with Gasteiger partial charge in [-0.25, -0.2) is 19.3 Å². The predicted octanol–water partition coefficient (Wildman–Crippen LogP) is 11.4. The number of ether oxygens (including phenoxy) is 4. The van der Waals surface area contributed by atoms with E-state index in [1.807, 2.05) is 37.1 Å². The third-order valence-corrected chi connectivity index (χ3v) is 16.8. The summed E-state index contributed by atoms with van der Waals surface area (Å²) in [7, 11) is 9.10. The monoisotopic (exact) mass is 1110 g/mol. The van der Waals surface area contributed by atoms with Gasteiger partial charge in [0.1, 0.15) is 23.3 Å². The van der Waals surface area contributed by atoms with Crippen LogP contribution in [0.25, 0.3) is 0 Å². The van der Waals surface area contributed by atoms with E-state index in [4.69, 9.17) is 29.1 Å². The number of aromatic nitrogens is 6. The minimum absolute atomic E-state index is 0.0295. The summed E-state index contributed by atoms with van der Waals surface area (Å²) in [6.45, 7) is 45.8. The summed E-state index contributed by atoms with van der Waals surface area (Å²) in [5.74, 6) is 5.46. The van der Waals surface area contributed by atoms with E-state index in [1.54, 1.807) is 0 Å². The van der Waals surface area contributed by atoms with Crippen LogP contribution in [0.5, 0.6) is 0 Å². The zero-order valence-corrected chi connectivity index (χ0v) is 54.6. The van der Waals surface area contributed by atoms with Gasteiger partial charge in [0.25, 0.3) is 0 Å². The second-order valence-corrected chi connectivity index (χ2v) is 27.2. The van der Waals surface area contributed by atoms with Crippen LogP contribution in [0.2, 0.25) is 0 Å². The molecule has 0 saturated carbocycles. The lowest BCUT2D eigenvalue weighted by Crippen LogP contribution is -2.47. The summed E-state index contributed by atoms with van der Waals surface area (Å²) in [4.78, 5) is 19.3. The Labute approximate surface area is 487 Å². The van der Waals surface area contributed by atoms with Crippen LogP contribution < -0.4 is 0 Å². The molecular formula is C66H114N10O4. The highest BCUT2D eigenvalue weighted by atomic mass is 16.5. The largest absolute Gasteiger partial charge is 0.376 e. The SMILES string of the molecule is Cc1nc(C)n(C(C)(C)c2ccc(CC3CN(C)C(CC(C)C)COC(C)CN(C)C(CC(C)C)COC(Cc4ccc(C(C)(C)n5nc(C)nc5C)cc4)CN(C)C(CC(C)C)COC(C)CN(C)C(CC(C)C)CO3)cc2)n1. The van der Waals surface area contributed by atoms with Crippen molar-refractivity contribution < 1.29 is 18.9 Å². The normalized spacial score (nSPS) is 24.8.